The number of hydrogen-bond acceptors (Lipinski definition) is 4. The molecule has 5 nitrogen and oxygen atoms in total. The average molecular weight is 363 g/mol. The molecule has 0 heterocycles. The van der Waals surface area contributed by atoms with Crippen molar-refractivity contribution in [1.82, 2.24) is 5.32 Å². The van der Waals surface area contributed by atoms with E-state index in [0.29, 0.717) is 6.42 Å². The van der Waals surface area contributed by atoms with Crippen molar-refractivity contribution in [2.45, 2.75) is 71.4 Å². The predicted molar refractivity (Wildman–Crippen MR) is 103 cm³/mol. The molecule has 5 heteroatoms. The molecule has 0 spiro atoms. The van der Waals surface area contributed by atoms with Crippen LogP contribution in [0.1, 0.15) is 64.4 Å². The van der Waals surface area contributed by atoms with Gasteiger partial charge in [-0.3, -0.25) is 9.59 Å². The summed E-state index contributed by atoms with van der Waals surface area (Å²) in [5, 5.41) is 12.4. The van der Waals surface area contributed by atoms with Crippen molar-refractivity contribution < 1.29 is 19.4 Å². The maximum Gasteiger partial charge on any atom is 0.323 e. The summed E-state index contributed by atoms with van der Waals surface area (Å²) in [5.41, 5.74) is 0.930. The number of esters is 1. The summed E-state index contributed by atoms with van der Waals surface area (Å²) in [4.78, 5) is 23.4. The lowest BCUT2D eigenvalue weighted by Gasteiger charge is -2.17. The molecule has 1 rings (SSSR count). The zero-order valence-corrected chi connectivity index (χ0v) is 16.1. The minimum atomic E-state index is -0.809. The van der Waals surface area contributed by atoms with E-state index in [1.807, 2.05) is 30.3 Å². The van der Waals surface area contributed by atoms with Gasteiger partial charge in [0.05, 0.1) is 5.92 Å². The molecule has 0 aliphatic rings. The number of aliphatic carboxylic acids is 1. The van der Waals surface area contributed by atoms with Crippen LogP contribution >= 0.6 is 0 Å². The minimum Gasteiger partial charge on any atom is -0.481 e. The fourth-order valence-electron chi connectivity index (χ4n) is 2.74. The Morgan fingerprint density at radius 2 is 1.73 bits per heavy atom. The molecule has 0 saturated heterocycles. The number of ether oxygens (including phenoxy) is 1. The number of carbonyl (C=O) groups excluding carboxylic acids is 1. The van der Waals surface area contributed by atoms with Crippen LogP contribution in [-0.2, 0) is 20.9 Å². The van der Waals surface area contributed by atoms with E-state index in [4.69, 9.17) is 4.74 Å². The smallest absolute Gasteiger partial charge is 0.323 e. The number of unbranched alkanes of at least 4 members (excludes halogenated alkanes) is 5. The van der Waals surface area contributed by atoms with E-state index in [9.17, 15) is 14.7 Å². The van der Waals surface area contributed by atoms with Gasteiger partial charge in [-0.05, 0) is 18.9 Å². The highest BCUT2D eigenvalue weighted by molar-refractivity contribution is 5.75. The molecular weight excluding hydrogens is 330 g/mol. The predicted octanol–water partition coefficient (Wildman–Crippen LogP) is 4.16. The molecule has 0 aliphatic carbocycles. The molecule has 26 heavy (non-hydrogen) atoms. The van der Waals surface area contributed by atoms with Crippen LogP contribution in [0.25, 0.3) is 0 Å². The van der Waals surface area contributed by atoms with Crippen molar-refractivity contribution in [3.05, 3.63) is 35.9 Å². The topological polar surface area (TPSA) is 75.6 Å². The van der Waals surface area contributed by atoms with Gasteiger partial charge >= 0.3 is 11.9 Å². The fraction of sp³-hybridized carbons (Fsp3) is 0.619. The molecule has 1 aromatic rings. The number of carboxylic acids is 1. The van der Waals surface area contributed by atoms with Gasteiger partial charge in [-0.15, -0.1) is 0 Å². The SMILES string of the molecule is CCCCCCCCC(CNC(C)C(=O)OCc1ccccc1)C(=O)O. The largest absolute Gasteiger partial charge is 0.481 e. The van der Waals surface area contributed by atoms with Crippen LogP contribution in [0.5, 0.6) is 0 Å². The summed E-state index contributed by atoms with van der Waals surface area (Å²) in [5.74, 6) is -1.64. The van der Waals surface area contributed by atoms with Crippen molar-refractivity contribution in [2.75, 3.05) is 6.54 Å². The first-order chi connectivity index (χ1) is 12.5. The molecule has 146 valence electrons. The number of nitrogens with one attached hydrogen (secondary N) is 1. The standard InChI is InChI=1S/C21H33NO4/c1-3-4-5-6-7-11-14-19(20(23)24)15-22-17(2)21(25)26-16-18-12-9-8-10-13-18/h8-10,12-13,17,19,22H,3-7,11,14-16H2,1-2H3,(H,23,24). The molecule has 0 aliphatic heterocycles. The third-order valence-electron chi connectivity index (χ3n) is 4.50. The molecule has 0 radical (unpaired) electrons. The van der Waals surface area contributed by atoms with Gasteiger partial charge in [0.15, 0.2) is 0 Å². The van der Waals surface area contributed by atoms with E-state index < -0.39 is 17.9 Å². The van der Waals surface area contributed by atoms with Gasteiger partial charge in [-0.2, -0.15) is 0 Å². The Morgan fingerprint density at radius 1 is 1.08 bits per heavy atom. The van der Waals surface area contributed by atoms with Crippen molar-refractivity contribution in [1.29, 1.82) is 0 Å². The van der Waals surface area contributed by atoms with Gasteiger partial charge in [-0.1, -0.05) is 75.8 Å². The summed E-state index contributed by atoms with van der Waals surface area (Å²) in [6, 6.07) is 8.96. The molecule has 0 fully saturated rings. The van der Waals surface area contributed by atoms with E-state index in [1.165, 1.54) is 19.3 Å². The zero-order chi connectivity index (χ0) is 19.2. The second-order valence-electron chi connectivity index (χ2n) is 6.81. The van der Waals surface area contributed by atoms with Gasteiger partial charge in [0.2, 0.25) is 0 Å². The first-order valence-corrected chi connectivity index (χ1v) is 9.71. The van der Waals surface area contributed by atoms with Gasteiger partial charge in [0.25, 0.3) is 0 Å². The Balaban J connectivity index is 2.26. The lowest BCUT2D eigenvalue weighted by Crippen LogP contribution is -2.40. The van der Waals surface area contributed by atoms with Gasteiger partial charge < -0.3 is 15.2 Å². The van der Waals surface area contributed by atoms with Crippen LogP contribution in [0.2, 0.25) is 0 Å². The molecule has 0 saturated carbocycles. The lowest BCUT2D eigenvalue weighted by atomic mass is 10.00. The molecule has 1 aromatic carbocycles. The monoisotopic (exact) mass is 363 g/mol. The van der Waals surface area contributed by atoms with Crippen molar-refractivity contribution in [2.24, 2.45) is 5.92 Å². The Bertz CT molecular complexity index is 518. The van der Waals surface area contributed by atoms with E-state index in [2.05, 4.69) is 12.2 Å². The molecule has 0 bridgehead atoms. The summed E-state index contributed by atoms with van der Waals surface area (Å²) in [6.45, 7) is 4.40. The highest BCUT2D eigenvalue weighted by Crippen LogP contribution is 2.13. The molecular formula is C21H33NO4. The number of carbonyl (C=O) groups is 2. The minimum absolute atomic E-state index is 0.228. The first-order valence-electron chi connectivity index (χ1n) is 9.71. The summed E-state index contributed by atoms with van der Waals surface area (Å²) >= 11 is 0. The first kappa shape index (κ1) is 22.2. The number of carboxylic acid groups (broad SMARTS) is 1. The molecule has 2 N–H and O–H groups in total. The summed E-state index contributed by atoms with van der Waals surface area (Å²) in [6.07, 6.45) is 7.45. The second kappa shape index (κ2) is 13.3. The molecule has 2 unspecified atom stereocenters. The van der Waals surface area contributed by atoms with Gasteiger partial charge in [-0.25, -0.2) is 0 Å². The van der Waals surface area contributed by atoms with E-state index >= 15 is 0 Å². The fourth-order valence-corrected chi connectivity index (χ4v) is 2.74. The molecule has 0 aromatic heterocycles. The number of benzene rings is 1. The maximum absolute atomic E-state index is 12.0. The third-order valence-corrected chi connectivity index (χ3v) is 4.50. The average Bonchev–Trinajstić information content (AvgIpc) is 2.65. The second-order valence-corrected chi connectivity index (χ2v) is 6.81. The van der Waals surface area contributed by atoms with E-state index in [0.717, 1.165) is 24.8 Å². The van der Waals surface area contributed by atoms with Crippen LogP contribution in [0.4, 0.5) is 0 Å². The number of hydrogen-bond donors (Lipinski definition) is 2. The lowest BCUT2D eigenvalue weighted by molar-refractivity contribution is -0.148. The normalized spacial score (nSPS) is 13.2. The Morgan fingerprint density at radius 3 is 2.38 bits per heavy atom. The summed E-state index contributed by atoms with van der Waals surface area (Å²) in [7, 11) is 0. The van der Waals surface area contributed by atoms with Crippen LogP contribution in [-0.4, -0.2) is 29.6 Å². The summed E-state index contributed by atoms with van der Waals surface area (Å²) < 4.78 is 5.27. The Labute approximate surface area is 157 Å². The maximum atomic E-state index is 12.0. The van der Waals surface area contributed by atoms with Gasteiger partial charge in [0, 0.05) is 6.54 Å². The Hall–Kier alpha value is -1.88. The van der Waals surface area contributed by atoms with Crippen molar-refractivity contribution >= 4 is 11.9 Å². The highest BCUT2D eigenvalue weighted by atomic mass is 16.5. The van der Waals surface area contributed by atoms with Crippen LogP contribution in [0, 0.1) is 5.92 Å². The van der Waals surface area contributed by atoms with Crippen LogP contribution in [0.3, 0.4) is 0 Å². The van der Waals surface area contributed by atoms with E-state index in [1.54, 1.807) is 6.92 Å². The molecule has 0 amide bonds. The van der Waals surface area contributed by atoms with Crippen LogP contribution < -0.4 is 5.32 Å². The third kappa shape index (κ3) is 9.56. The van der Waals surface area contributed by atoms with Crippen LogP contribution in [0.15, 0.2) is 30.3 Å². The zero-order valence-electron chi connectivity index (χ0n) is 16.1. The van der Waals surface area contributed by atoms with Crippen molar-refractivity contribution in [3.63, 3.8) is 0 Å². The Kier molecular flexibility index (Phi) is 11.4. The van der Waals surface area contributed by atoms with E-state index in [-0.39, 0.29) is 19.1 Å². The highest BCUT2D eigenvalue weighted by Gasteiger charge is 2.20. The van der Waals surface area contributed by atoms with Crippen molar-refractivity contribution in [3.8, 4) is 0 Å². The molecule has 2 atom stereocenters. The van der Waals surface area contributed by atoms with Gasteiger partial charge in [0.1, 0.15) is 12.6 Å². The number of rotatable bonds is 14. The quantitative estimate of drug-likeness (QED) is 0.383.